The van der Waals surface area contributed by atoms with E-state index in [2.05, 4.69) is 24.8 Å². The summed E-state index contributed by atoms with van der Waals surface area (Å²) < 4.78 is 43.3. The molecular formula is C20H20F3N5OS. The first-order valence-electron chi connectivity index (χ1n) is 9.38. The number of hydrogen-bond donors (Lipinski definition) is 0. The molecule has 1 aliphatic rings. The molecule has 0 N–H and O–H groups in total. The Kier molecular flexibility index (Phi) is 5.87. The minimum Gasteiger partial charge on any atom is -0.480 e. The van der Waals surface area contributed by atoms with Gasteiger partial charge < -0.3 is 9.64 Å². The average molecular weight is 435 g/mol. The second kappa shape index (κ2) is 8.57. The van der Waals surface area contributed by atoms with Crippen molar-refractivity contribution in [3.63, 3.8) is 0 Å². The summed E-state index contributed by atoms with van der Waals surface area (Å²) >= 11 is 1.44. The molecule has 0 unspecified atom stereocenters. The van der Waals surface area contributed by atoms with Crippen molar-refractivity contribution in [2.45, 2.75) is 12.7 Å². The molecular weight excluding hydrogens is 415 g/mol. The molecule has 2 aromatic heterocycles. The van der Waals surface area contributed by atoms with Crippen molar-refractivity contribution < 1.29 is 17.9 Å². The number of ether oxygens (including phenoxy) is 1. The maximum absolute atomic E-state index is 12.7. The van der Waals surface area contributed by atoms with Gasteiger partial charge in [0.05, 0.1) is 30.8 Å². The van der Waals surface area contributed by atoms with Crippen LogP contribution in [0.15, 0.2) is 42.0 Å². The lowest BCUT2D eigenvalue weighted by molar-refractivity contribution is -0.137. The highest BCUT2D eigenvalue weighted by Crippen LogP contribution is 2.32. The maximum Gasteiger partial charge on any atom is 0.416 e. The Labute approximate surface area is 176 Å². The highest BCUT2D eigenvalue weighted by Gasteiger charge is 2.30. The zero-order valence-electron chi connectivity index (χ0n) is 16.3. The van der Waals surface area contributed by atoms with Crippen LogP contribution in [0.5, 0.6) is 5.88 Å². The minimum absolute atomic E-state index is 0.494. The summed E-state index contributed by atoms with van der Waals surface area (Å²) in [5, 5.41) is 2.69. The molecule has 1 aromatic carbocycles. The van der Waals surface area contributed by atoms with Gasteiger partial charge in [0.25, 0.3) is 0 Å². The number of anilines is 1. The summed E-state index contributed by atoms with van der Waals surface area (Å²) in [5.41, 5.74) is 0.965. The smallest absolute Gasteiger partial charge is 0.416 e. The van der Waals surface area contributed by atoms with Crippen LogP contribution in [-0.4, -0.2) is 53.1 Å². The Hall–Kier alpha value is -2.72. The number of halogens is 3. The molecule has 0 aliphatic carbocycles. The Morgan fingerprint density at radius 1 is 1.03 bits per heavy atom. The molecule has 158 valence electrons. The van der Waals surface area contributed by atoms with E-state index >= 15 is 0 Å². The van der Waals surface area contributed by atoms with Gasteiger partial charge in [0.15, 0.2) is 5.82 Å². The maximum atomic E-state index is 12.7. The van der Waals surface area contributed by atoms with Gasteiger partial charge >= 0.3 is 6.18 Å². The van der Waals surface area contributed by atoms with Crippen molar-refractivity contribution in [3.8, 4) is 16.5 Å². The molecule has 0 saturated carbocycles. The third-order valence-electron chi connectivity index (χ3n) is 4.90. The van der Waals surface area contributed by atoms with Crippen LogP contribution in [0.2, 0.25) is 0 Å². The number of piperazine rings is 1. The summed E-state index contributed by atoms with van der Waals surface area (Å²) in [7, 11) is 1.57. The molecule has 3 heterocycles. The third kappa shape index (κ3) is 4.71. The van der Waals surface area contributed by atoms with E-state index in [1.807, 2.05) is 5.38 Å². The van der Waals surface area contributed by atoms with Crippen molar-refractivity contribution in [1.29, 1.82) is 0 Å². The number of benzene rings is 1. The monoisotopic (exact) mass is 435 g/mol. The number of rotatable bonds is 5. The lowest BCUT2D eigenvalue weighted by Gasteiger charge is -2.34. The fourth-order valence-electron chi connectivity index (χ4n) is 3.27. The number of thiazole rings is 1. The molecule has 0 radical (unpaired) electrons. The summed E-state index contributed by atoms with van der Waals surface area (Å²) in [6, 6.07) is 5.13. The predicted octanol–water partition coefficient (Wildman–Crippen LogP) is 3.95. The first kappa shape index (κ1) is 20.5. The second-order valence-corrected chi connectivity index (χ2v) is 7.76. The van der Waals surface area contributed by atoms with E-state index in [1.54, 1.807) is 19.5 Å². The van der Waals surface area contributed by atoms with Crippen LogP contribution in [0.3, 0.4) is 0 Å². The van der Waals surface area contributed by atoms with Crippen molar-refractivity contribution in [2.24, 2.45) is 0 Å². The number of hydrogen-bond acceptors (Lipinski definition) is 7. The largest absolute Gasteiger partial charge is 0.480 e. The van der Waals surface area contributed by atoms with Crippen LogP contribution in [0, 0.1) is 0 Å². The fraction of sp³-hybridized carbons (Fsp3) is 0.350. The standard InChI is InChI=1S/C20H20F3N5OS/c1-29-18-11-24-10-17(26-18)28-8-6-27(7-9-28)12-16-13-30-19(25-16)14-2-4-15(5-3-14)20(21,22)23/h2-5,10-11,13H,6-9,12H2,1H3. The lowest BCUT2D eigenvalue weighted by Crippen LogP contribution is -2.46. The number of methoxy groups -OCH3 is 1. The number of alkyl halides is 3. The van der Waals surface area contributed by atoms with Gasteiger partial charge in [-0.3, -0.25) is 9.88 Å². The Bertz CT molecular complexity index is 985. The van der Waals surface area contributed by atoms with Gasteiger partial charge in [-0.1, -0.05) is 12.1 Å². The molecule has 0 bridgehead atoms. The normalized spacial score (nSPS) is 15.4. The van der Waals surface area contributed by atoms with Crippen LogP contribution in [0.4, 0.5) is 19.0 Å². The Balaban J connectivity index is 1.34. The predicted molar refractivity (Wildman–Crippen MR) is 109 cm³/mol. The van der Waals surface area contributed by atoms with Crippen LogP contribution in [-0.2, 0) is 12.7 Å². The van der Waals surface area contributed by atoms with Gasteiger partial charge in [0.1, 0.15) is 5.01 Å². The van der Waals surface area contributed by atoms with E-state index in [4.69, 9.17) is 4.74 Å². The highest BCUT2D eigenvalue weighted by molar-refractivity contribution is 7.13. The second-order valence-electron chi connectivity index (χ2n) is 6.90. The first-order valence-corrected chi connectivity index (χ1v) is 10.3. The van der Waals surface area contributed by atoms with Gasteiger partial charge in [-0.15, -0.1) is 11.3 Å². The van der Waals surface area contributed by atoms with Gasteiger partial charge in [0, 0.05) is 43.7 Å². The highest BCUT2D eigenvalue weighted by atomic mass is 32.1. The molecule has 0 spiro atoms. The summed E-state index contributed by atoms with van der Waals surface area (Å²) in [6.07, 6.45) is -1.02. The molecule has 10 heteroatoms. The van der Waals surface area contributed by atoms with Crippen LogP contribution < -0.4 is 9.64 Å². The van der Waals surface area contributed by atoms with Crippen molar-refractivity contribution in [3.05, 3.63) is 53.3 Å². The zero-order valence-corrected chi connectivity index (χ0v) is 17.1. The van der Waals surface area contributed by atoms with E-state index in [-0.39, 0.29) is 0 Å². The van der Waals surface area contributed by atoms with E-state index in [1.165, 1.54) is 23.5 Å². The quantitative estimate of drug-likeness (QED) is 0.605. The molecule has 1 fully saturated rings. The molecule has 3 aromatic rings. The molecule has 0 atom stereocenters. The van der Waals surface area contributed by atoms with Crippen molar-refractivity contribution in [1.82, 2.24) is 19.9 Å². The lowest BCUT2D eigenvalue weighted by atomic mass is 10.1. The molecule has 4 rings (SSSR count). The topological polar surface area (TPSA) is 54.4 Å². The van der Waals surface area contributed by atoms with E-state index in [0.717, 1.165) is 54.8 Å². The summed E-state index contributed by atoms with van der Waals surface area (Å²) in [6.45, 7) is 4.04. The van der Waals surface area contributed by atoms with Crippen LogP contribution in [0.1, 0.15) is 11.3 Å². The van der Waals surface area contributed by atoms with Gasteiger partial charge in [-0.25, -0.2) is 4.98 Å². The van der Waals surface area contributed by atoms with Crippen molar-refractivity contribution >= 4 is 17.2 Å². The number of aromatic nitrogens is 3. The van der Waals surface area contributed by atoms with E-state index in [9.17, 15) is 13.2 Å². The molecule has 6 nitrogen and oxygen atoms in total. The summed E-state index contributed by atoms with van der Waals surface area (Å²) in [5.74, 6) is 1.29. The van der Waals surface area contributed by atoms with Crippen LogP contribution in [0.25, 0.3) is 10.6 Å². The molecule has 0 amide bonds. The van der Waals surface area contributed by atoms with Gasteiger partial charge in [0.2, 0.25) is 5.88 Å². The van der Waals surface area contributed by atoms with Crippen LogP contribution >= 0.6 is 11.3 Å². The first-order chi connectivity index (χ1) is 14.4. The average Bonchev–Trinajstić information content (AvgIpc) is 3.22. The molecule has 1 aliphatic heterocycles. The van der Waals surface area contributed by atoms with Gasteiger partial charge in [-0.2, -0.15) is 18.2 Å². The number of nitrogens with zero attached hydrogens (tertiary/aromatic N) is 5. The molecule has 30 heavy (non-hydrogen) atoms. The van der Waals surface area contributed by atoms with Gasteiger partial charge in [-0.05, 0) is 12.1 Å². The Morgan fingerprint density at radius 3 is 2.43 bits per heavy atom. The summed E-state index contributed by atoms with van der Waals surface area (Å²) in [4.78, 5) is 17.7. The zero-order chi connectivity index (χ0) is 21.1. The van der Waals surface area contributed by atoms with E-state index in [0.29, 0.717) is 18.0 Å². The molecule has 1 saturated heterocycles. The third-order valence-corrected chi connectivity index (χ3v) is 5.84. The fourth-order valence-corrected chi connectivity index (χ4v) is 4.08. The Morgan fingerprint density at radius 2 is 1.77 bits per heavy atom. The SMILES string of the molecule is COc1cncc(N2CCN(Cc3csc(-c4ccc(C(F)(F)F)cc4)n3)CC2)n1. The van der Waals surface area contributed by atoms with Crippen molar-refractivity contribution in [2.75, 3.05) is 38.2 Å². The minimum atomic E-state index is -4.33. The van der Waals surface area contributed by atoms with E-state index < -0.39 is 11.7 Å².